The average Bonchev–Trinajstić information content (AvgIpc) is 3.10. The SMILES string of the molecule is C[n+]1[nH]oc(=O)c1-c1c(C#N)c(N)nc(SCC(=O)Nc2ccc(O)c(C(=O)O)c2)c1C#N. The van der Waals surface area contributed by atoms with Gasteiger partial charge in [-0.25, -0.2) is 14.6 Å². The molecule has 0 radical (unpaired) electrons. The van der Waals surface area contributed by atoms with Crippen molar-refractivity contribution in [2.24, 2.45) is 7.05 Å². The summed E-state index contributed by atoms with van der Waals surface area (Å²) < 4.78 is 5.87. The van der Waals surface area contributed by atoms with Crippen LogP contribution >= 0.6 is 11.8 Å². The number of carbonyl (C=O) groups is 2. The molecule has 0 saturated heterocycles. The molecule has 1 amide bonds. The number of aromatic nitrogens is 3. The van der Waals surface area contributed by atoms with Gasteiger partial charge in [0.25, 0.3) is 0 Å². The van der Waals surface area contributed by atoms with Gasteiger partial charge in [-0.15, -0.1) is 0 Å². The van der Waals surface area contributed by atoms with Crippen LogP contribution in [0.15, 0.2) is 32.5 Å². The van der Waals surface area contributed by atoms with Gasteiger partial charge < -0.3 is 21.3 Å². The number of hydrogen-bond donors (Lipinski definition) is 5. The fraction of sp³-hybridized carbons (Fsp3) is 0.105. The zero-order valence-corrected chi connectivity index (χ0v) is 17.6. The number of aryl methyl sites for hydroxylation is 1. The highest BCUT2D eigenvalue weighted by molar-refractivity contribution is 8.00. The van der Waals surface area contributed by atoms with Gasteiger partial charge in [0, 0.05) is 5.69 Å². The molecule has 6 N–H and O–H groups in total. The molecule has 3 aromatic rings. The molecule has 0 unspecified atom stereocenters. The summed E-state index contributed by atoms with van der Waals surface area (Å²) in [7, 11) is 1.43. The number of H-pyrrole nitrogens is 1. The smallest absolute Gasteiger partial charge is 0.435 e. The van der Waals surface area contributed by atoms with Crippen molar-refractivity contribution in [1.82, 2.24) is 10.3 Å². The Hall–Kier alpha value is -4.82. The summed E-state index contributed by atoms with van der Waals surface area (Å²) in [6, 6.07) is 7.23. The number of aromatic hydroxyl groups is 1. The number of pyridine rings is 1. The molecule has 2 heterocycles. The lowest BCUT2D eigenvalue weighted by Gasteiger charge is -2.10. The first kappa shape index (κ1) is 22.9. The van der Waals surface area contributed by atoms with Crippen molar-refractivity contribution >= 4 is 35.1 Å². The molecule has 0 aliphatic rings. The molecule has 0 saturated carbocycles. The Bertz CT molecular complexity index is 1430. The molecule has 0 aliphatic heterocycles. The minimum atomic E-state index is -1.37. The number of nitrogens with one attached hydrogen (secondary N) is 2. The lowest BCUT2D eigenvalue weighted by molar-refractivity contribution is -0.730. The number of amides is 1. The first-order valence-corrected chi connectivity index (χ1v) is 9.87. The third kappa shape index (κ3) is 4.46. The lowest BCUT2D eigenvalue weighted by atomic mass is 10.0. The van der Waals surface area contributed by atoms with Crippen molar-refractivity contribution in [3.63, 3.8) is 0 Å². The summed E-state index contributed by atoms with van der Waals surface area (Å²) in [6.45, 7) is 0. The standard InChI is InChI=1S/C19H13N7O6S/c1-26-15(19(31)32-25-26)14-10(5-20)16(22)24-17(11(14)6-21)33-7-13(28)23-8-2-3-12(27)9(4-8)18(29)30/h2-4,25H,7H2,1H3,(H4,22,24,29,30,31)/p+1. The molecule has 14 heteroatoms. The minimum absolute atomic E-state index is 0.00307. The molecule has 33 heavy (non-hydrogen) atoms. The van der Waals surface area contributed by atoms with Gasteiger partial charge in [-0.05, 0) is 23.5 Å². The Morgan fingerprint density at radius 1 is 1.33 bits per heavy atom. The van der Waals surface area contributed by atoms with Crippen molar-refractivity contribution in [3.8, 4) is 29.1 Å². The highest BCUT2D eigenvalue weighted by Crippen LogP contribution is 2.33. The highest BCUT2D eigenvalue weighted by atomic mass is 32.2. The first-order chi connectivity index (χ1) is 15.7. The molecule has 0 bridgehead atoms. The molecule has 166 valence electrons. The predicted octanol–water partition coefficient (Wildman–Crippen LogP) is 0.315. The van der Waals surface area contributed by atoms with Gasteiger partial charge in [-0.2, -0.15) is 10.5 Å². The van der Waals surface area contributed by atoms with Crippen molar-refractivity contribution < 1.29 is 29.0 Å². The number of carboxylic acids is 1. The van der Waals surface area contributed by atoms with E-state index in [2.05, 4.69) is 15.6 Å². The third-order valence-electron chi connectivity index (χ3n) is 4.31. The number of phenols is 1. The number of nitrogen functional groups attached to an aromatic ring is 1. The zero-order valence-electron chi connectivity index (χ0n) is 16.7. The molecule has 0 aliphatic carbocycles. The van der Waals surface area contributed by atoms with Crippen molar-refractivity contribution in [2.75, 3.05) is 16.8 Å². The van der Waals surface area contributed by atoms with Crippen LogP contribution in [0.1, 0.15) is 21.5 Å². The van der Waals surface area contributed by atoms with Gasteiger partial charge >= 0.3 is 17.3 Å². The first-order valence-electron chi connectivity index (χ1n) is 8.88. The molecule has 2 aromatic heterocycles. The van der Waals surface area contributed by atoms with Crippen LogP contribution in [-0.4, -0.2) is 38.1 Å². The second kappa shape index (κ2) is 9.13. The Morgan fingerprint density at radius 2 is 2.03 bits per heavy atom. The number of aromatic amines is 1. The quantitative estimate of drug-likeness (QED) is 0.188. The Kier molecular flexibility index (Phi) is 6.32. The number of carboxylic acid groups (broad SMARTS) is 1. The molecule has 1 aromatic carbocycles. The van der Waals surface area contributed by atoms with Gasteiger partial charge in [0.2, 0.25) is 5.91 Å². The second-order valence-electron chi connectivity index (χ2n) is 6.41. The molecule has 3 rings (SSSR count). The summed E-state index contributed by atoms with van der Waals surface area (Å²) in [6.07, 6.45) is 0. The summed E-state index contributed by atoms with van der Waals surface area (Å²) in [4.78, 5) is 39.7. The van der Waals surface area contributed by atoms with Crippen LogP contribution in [-0.2, 0) is 11.8 Å². The summed E-state index contributed by atoms with van der Waals surface area (Å²) in [5.41, 5.74) is 4.19. The highest BCUT2D eigenvalue weighted by Gasteiger charge is 2.31. The number of nitrogens with two attached hydrogens (primary N) is 1. The zero-order chi connectivity index (χ0) is 24.3. The van der Waals surface area contributed by atoms with Crippen LogP contribution in [0.25, 0.3) is 11.3 Å². The number of rotatable bonds is 6. The summed E-state index contributed by atoms with van der Waals surface area (Å²) >= 11 is 0.816. The number of anilines is 2. The number of nitriles is 2. The topological polar surface area (TPSA) is 223 Å². The fourth-order valence-corrected chi connectivity index (χ4v) is 3.66. The number of hydrogen-bond acceptors (Lipinski definition) is 10. The van der Waals surface area contributed by atoms with E-state index in [1.165, 1.54) is 17.8 Å². The van der Waals surface area contributed by atoms with Crippen molar-refractivity contribution in [1.29, 1.82) is 10.5 Å². The van der Waals surface area contributed by atoms with Crippen LogP contribution in [0, 0.1) is 22.7 Å². The maximum atomic E-state index is 12.4. The van der Waals surface area contributed by atoms with Crippen LogP contribution in [0.4, 0.5) is 11.5 Å². The van der Waals surface area contributed by atoms with Crippen LogP contribution in [0.2, 0.25) is 0 Å². The van der Waals surface area contributed by atoms with E-state index in [1.807, 2.05) is 12.1 Å². The Morgan fingerprint density at radius 3 is 2.61 bits per heavy atom. The molecular formula is C19H14N7O6S+. The molecule has 13 nitrogen and oxygen atoms in total. The van der Waals surface area contributed by atoms with E-state index in [1.54, 1.807) is 0 Å². The maximum absolute atomic E-state index is 12.4. The van der Waals surface area contributed by atoms with Gasteiger partial charge in [0.15, 0.2) is 7.05 Å². The van der Waals surface area contributed by atoms with E-state index in [0.29, 0.717) is 0 Å². The van der Waals surface area contributed by atoms with Gasteiger partial charge in [-0.1, -0.05) is 16.4 Å². The van der Waals surface area contributed by atoms with E-state index in [9.17, 15) is 30.0 Å². The van der Waals surface area contributed by atoms with Gasteiger partial charge in [0.05, 0.1) is 11.3 Å². The number of aromatic carboxylic acids is 1. The minimum Gasteiger partial charge on any atom is -0.507 e. The van der Waals surface area contributed by atoms with Crippen LogP contribution < -0.4 is 21.4 Å². The van der Waals surface area contributed by atoms with E-state index in [0.717, 1.165) is 23.9 Å². The van der Waals surface area contributed by atoms with E-state index >= 15 is 0 Å². The lowest BCUT2D eigenvalue weighted by Crippen LogP contribution is -2.34. The summed E-state index contributed by atoms with van der Waals surface area (Å²) in [5.74, 6) is -2.93. The van der Waals surface area contributed by atoms with Gasteiger partial charge in [0.1, 0.15) is 45.4 Å². The third-order valence-corrected chi connectivity index (χ3v) is 5.28. The molecule has 0 atom stereocenters. The predicted molar refractivity (Wildman–Crippen MR) is 112 cm³/mol. The van der Waals surface area contributed by atoms with Crippen molar-refractivity contribution in [2.45, 2.75) is 5.03 Å². The Labute approximate surface area is 188 Å². The fourth-order valence-electron chi connectivity index (χ4n) is 2.87. The van der Waals surface area contributed by atoms with Crippen molar-refractivity contribution in [3.05, 3.63) is 45.3 Å². The Balaban J connectivity index is 1.92. The molecule has 0 fully saturated rings. The number of benzene rings is 1. The summed E-state index contributed by atoms with van der Waals surface area (Å²) in [5, 5.41) is 42.6. The second-order valence-corrected chi connectivity index (χ2v) is 7.38. The molecule has 0 spiro atoms. The monoisotopic (exact) mass is 468 g/mol. The maximum Gasteiger partial charge on any atom is 0.435 e. The normalized spacial score (nSPS) is 10.3. The average molecular weight is 468 g/mol. The van der Waals surface area contributed by atoms with E-state index in [4.69, 9.17) is 15.4 Å². The number of nitrogens with zero attached hydrogens (tertiary/aromatic N) is 4. The van der Waals surface area contributed by atoms with Crippen LogP contribution in [0.5, 0.6) is 5.75 Å². The molecular weight excluding hydrogens is 454 g/mol. The van der Waals surface area contributed by atoms with E-state index in [-0.39, 0.29) is 44.7 Å². The number of thioether (sulfide) groups is 1. The van der Waals surface area contributed by atoms with Gasteiger partial charge in [-0.3, -0.25) is 9.32 Å². The number of carbonyl (C=O) groups excluding carboxylic acids is 1. The van der Waals surface area contributed by atoms with Crippen LogP contribution in [0.3, 0.4) is 0 Å². The largest absolute Gasteiger partial charge is 0.507 e. The van der Waals surface area contributed by atoms with E-state index < -0.39 is 28.8 Å².